The Balaban J connectivity index is 1.92. The Hall–Kier alpha value is -2.79. The summed E-state index contributed by atoms with van der Waals surface area (Å²) >= 11 is 0. The highest BCUT2D eigenvalue weighted by Gasteiger charge is 2.38. The second-order valence-corrected chi connectivity index (χ2v) is 5.88. The summed E-state index contributed by atoms with van der Waals surface area (Å²) in [6, 6.07) is 8.84. The van der Waals surface area contributed by atoms with Gasteiger partial charge in [-0.2, -0.15) is 18.4 Å². The van der Waals surface area contributed by atoms with Crippen molar-refractivity contribution in [3.8, 4) is 6.07 Å². The predicted octanol–water partition coefficient (Wildman–Crippen LogP) is 2.85. The third-order valence-corrected chi connectivity index (χ3v) is 4.18. The Bertz CT molecular complexity index is 838. The Morgan fingerprint density at radius 2 is 2.08 bits per heavy atom. The van der Waals surface area contributed by atoms with Crippen LogP contribution in [0.15, 0.2) is 36.4 Å². The van der Waals surface area contributed by atoms with Gasteiger partial charge in [0.25, 0.3) is 5.91 Å². The second-order valence-electron chi connectivity index (χ2n) is 5.88. The first-order valence-corrected chi connectivity index (χ1v) is 7.55. The number of nitriles is 1. The van der Waals surface area contributed by atoms with Gasteiger partial charge in [0, 0.05) is 6.54 Å². The highest BCUT2D eigenvalue weighted by Crippen LogP contribution is 2.36. The first kappa shape index (κ1) is 17.0. The van der Waals surface area contributed by atoms with E-state index in [9.17, 15) is 23.1 Å². The number of β-amino-alcohol motifs (C(OH)–C–C–N with tert-alkyl or cyclic N) is 1. The molecule has 1 aromatic carbocycles. The molecule has 1 aliphatic rings. The molecule has 0 saturated carbocycles. The molecule has 2 N–H and O–H groups in total. The lowest BCUT2D eigenvalue weighted by molar-refractivity contribution is -0.137. The van der Waals surface area contributed by atoms with E-state index in [4.69, 9.17) is 5.26 Å². The van der Waals surface area contributed by atoms with Gasteiger partial charge in [-0.1, -0.05) is 12.1 Å². The number of aromatic nitrogens is 1. The fourth-order valence-corrected chi connectivity index (χ4v) is 3.02. The largest absolute Gasteiger partial charge is 0.416 e. The molecule has 2 atom stereocenters. The number of aliphatic hydroxyl groups excluding tert-OH is 1. The zero-order valence-corrected chi connectivity index (χ0v) is 12.9. The number of benzene rings is 1. The number of likely N-dealkylation sites (tertiary alicyclic amines) is 1. The van der Waals surface area contributed by atoms with Gasteiger partial charge >= 0.3 is 6.18 Å². The number of rotatable bonds is 2. The van der Waals surface area contributed by atoms with Crippen molar-refractivity contribution in [3.05, 3.63) is 58.9 Å². The average molecular weight is 349 g/mol. The maximum Gasteiger partial charge on any atom is 0.416 e. The Labute approximate surface area is 141 Å². The van der Waals surface area contributed by atoms with Gasteiger partial charge in [0.2, 0.25) is 0 Å². The Morgan fingerprint density at radius 3 is 2.72 bits per heavy atom. The SMILES string of the molecule is N#Cc1ccc(C(=O)N2CC(O)CC2c2cccc(C(F)(F)F)c2)[nH]1. The van der Waals surface area contributed by atoms with Gasteiger partial charge < -0.3 is 15.0 Å². The van der Waals surface area contributed by atoms with Crippen LogP contribution in [0.3, 0.4) is 0 Å². The number of hydrogen-bond acceptors (Lipinski definition) is 3. The number of amides is 1. The summed E-state index contributed by atoms with van der Waals surface area (Å²) in [6.45, 7) is 0.0145. The minimum atomic E-state index is -4.48. The smallest absolute Gasteiger partial charge is 0.391 e. The number of nitrogens with zero attached hydrogens (tertiary/aromatic N) is 2. The molecule has 0 radical (unpaired) electrons. The number of H-pyrrole nitrogens is 1. The number of carbonyl (C=O) groups is 1. The lowest BCUT2D eigenvalue weighted by Gasteiger charge is -2.25. The fraction of sp³-hybridized carbons (Fsp3) is 0.294. The normalized spacial score (nSPS) is 20.5. The average Bonchev–Trinajstić information content (AvgIpc) is 3.20. The van der Waals surface area contributed by atoms with Crippen LogP contribution in [0.2, 0.25) is 0 Å². The highest BCUT2D eigenvalue weighted by molar-refractivity contribution is 5.93. The number of alkyl halides is 3. The monoisotopic (exact) mass is 349 g/mol. The van der Waals surface area contributed by atoms with Crippen LogP contribution in [0.4, 0.5) is 13.2 Å². The van der Waals surface area contributed by atoms with Gasteiger partial charge in [0.05, 0.1) is 17.7 Å². The minimum Gasteiger partial charge on any atom is -0.391 e. The summed E-state index contributed by atoms with van der Waals surface area (Å²) < 4.78 is 38.8. The van der Waals surface area contributed by atoms with Crippen molar-refractivity contribution in [1.29, 1.82) is 5.26 Å². The molecule has 130 valence electrons. The standard InChI is InChI=1S/C17H14F3N3O2/c18-17(19,20)11-3-1-2-10(6-11)15-7-13(24)9-23(15)16(25)14-5-4-12(8-21)22-14/h1-6,13,15,22,24H,7,9H2. The summed E-state index contributed by atoms with van der Waals surface area (Å²) in [6.07, 6.45) is -5.16. The highest BCUT2D eigenvalue weighted by atomic mass is 19.4. The van der Waals surface area contributed by atoms with E-state index >= 15 is 0 Å². The summed E-state index contributed by atoms with van der Waals surface area (Å²) in [4.78, 5) is 16.6. The summed E-state index contributed by atoms with van der Waals surface area (Å²) in [5.74, 6) is -0.472. The molecular formula is C17H14F3N3O2. The number of aromatic amines is 1. The Morgan fingerprint density at radius 1 is 1.32 bits per heavy atom. The predicted molar refractivity (Wildman–Crippen MR) is 81.4 cm³/mol. The molecule has 2 unspecified atom stereocenters. The number of carbonyl (C=O) groups excluding carboxylic acids is 1. The first-order valence-electron chi connectivity index (χ1n) is 7.55. The van der Waals surface area contributed by atoms with Crippen molar-refractivity contribution in [2.75, 3.05) is 6.54 Å². The van der Waals surface area contributed by atoms with E-state index in [1.54, 1.807) is 0 Å². The number of hydrogen-bond donors (Lipinski definition) is 2. The molecule has 1 amide bonds. The maximum atomic E-state index is 12.9. The zero-order chi connectivity index (χ0) is 18.2. The van der Waals surface area contributed by atoms with E-state index in [1.807, 2.05) is 6.07 Å². The van der Waals surface area contributed by atoms with Crippen molar-refractivity contribution in [2.45, 2.75) is 24.7 Å². The van der Waals surface area contributed by atoms with Crippen LogP contribution in [0.25, 0.3) is 0 Å². The molecule has 1 aromatic heterocycles. The summed E-state index contributed by atoms with van der Waals surface area (Å²) in [7, 11) is 0. The van der Waals surface area contributed by atoms with Gasteiger partial charge in [-0.15, -0.1) is 0 Å². The topological polar surface area (TPSA) is 80.1 Å². The molecule has 8 heteroatoms. The molecule has 1 saturated heterocycles. The van der Waals surface area contributed by atoms with Crippen LogP contribution in [0.5, 0.6) is 0 Å². The number of halogens is 3. The molecule has 0 bridgehead atoms. The molecule has 3 rings (SSSR count). The lowest BCUT2D eigenvalue weighted by Crippen LogP contribution is -2.32. The molecule has 1 fully saturated rings. The zero-order valence-electron chi connectivity index (χ0n) is 12.9. The number of aliphatic hydroxyl groups is 1. The van der Waals surface area contributed by atoms with Crippen LogP contribution in [-0.2, 0) is 6.18 Å². The molecule has 1 aliphatic heterocycles. The van der Waals surface area contributed by atoms with E-state index in [0.717, 1.165) is 12.1 Å². The quantitative estimate of drug-likeness (QED) is 0.875. The molecule has 25 heavy (non-hydrogen) atoms. The number of nitrogens with one attached hydrogen (secondary N) is 1. The summed E-state index contributed by atoms with van der Waals surface area (Å²) in [5.41, 5.74) is -0.126. The van der Waals surface area contributed by atoms with Crippen molar-refractivity contribution >= 4 is 5.91 Å². The van der Waals surface area contributed by atoms with Gasteiger partial charge in [-0.25, -0.2) is 0 Å². The third kappa shape index (κ3) is 3.37. The Kier molecular flexibility index (Phi) is 4.27. The van der Waals surface area contributed by atoms with Crippen molar-refractivity contribution in [2.24, 2.45) is 0 Å². The van der Waals surface area contributed by atoms with E-state index in [-0.39, 0.29) is 24.4 Å². The molecular weight excluding hydrogens is 335 g/mol. The molecule has 2 heterocycles. The van der Waals surface area contributed by atoms with Crippen LogP contribution < -0.4 is 0 Å². The van der Waals surface area contributed by atoms with Gasteiger partial charge in [-0.05, 0) is 36.2 Å². The van der Waals surface area contributed by atoms with E-state index in [1.165, 1.54) is 29.2 Å². The third-order valence-electron chi connectivity index (χ3n) is 4.18. The van der Waals surface area contributed by atoms with Crippen molar-refractivity contribution < 1.29 is 23.1 Å². The molecule has 2 aromatic rings. The van der Waals surface area contributed by atoms with Crippen LogP contribution in [-0.4, -0.2) is 33.5 Å². The van der Waals surface area contributed by atoms with Gasteiger partial charge in [0.15, 0.2) is 0 Å². The van der Waals surface area contributed by atoms with Crippen LogP contribution >= 0.6 is 0 Å². The van der Waals surface area contributed by atoms with Crippen molar-refractivity contribution in [1.82, 2.24) is 9.88 Å². The van der Waals surface area contributed by atoms with Crippen LogP contribution in [0, 0.1) is 11.3 Å². The van der Waals surface area contributed by atoms with Gasteiger partial charge in [-0.3, -0.25) is 4.79 Å². The van der Waals surface area contributed by atoms with Gasteiger partial charge in [0.1, 0.15) is 17.5 Å². The minimum absolute atomic E-state index is 0.0145. The maximum absolute atomic E-state index is 12.9. The van der Waals surface area contributed by atoms with E-state index in [2.05, 4.69) is 4.98 Å². The lowest BCUT2D eigenvalue weighted by atomic mass is 10.0. The fourth-order valence-electron chi connectivity index (χ4n) is 3.02. The van der Waals surface area contributed by atoms with E-state index < -0.39 is 29.8 Å². The summed E-state index contributed by atoms with van der Waals surface area (Å²) in [5, 5.41) is 18.8. The first-order chi connectivity index (χ1) is 11.8. The van der Waals surface area contributed by atoms with E-state index in [0.29, 0.717) is 5.56 Å². The molecule has 0 spiro atoms. The second kappa shape index (κ2) is 6.26. The van der Waals surface area contributed by atoms with Crippen molar-refractivity contribution in [3.63, 3.8) is 0 Å². The molecule has 5 nitrogen and oxygen atoms in total. The molecule has 0 aliphatic carbocycles. The van der Waals surface area contributed by atoms with Crippen LogP contribution in [0.1, 0.15) is 39.8 Å².